The monoisotopic (exact) mass is 525 g/mol. The third-order valence-electron chi connectivity index (χ3n) is 6.07. The standard InChI is InChI=1S/C23H18BrF2N7O/c24-16-7-8-31-12-27-17(22(31)21(16)25)4-5-19(34)18-11-32(30-29-18)9-14-10-33-20(28-14)6-3-15(23(33)26)13-1-2-13/h3,6-8,10-13H,1-2,4-5,9H2. The first-order valence-electron chi connectivity index (χ1n) is 10.9. The Morgan fingerprint density at radius 1 is 1.18 bits per heavy atom. The maximum atomic E-state index is 14.8. The highest BCUT2D eigenvalue weighted by Gasteiger charge is 2.27. The number of imidazole rings is 2. The predicted molar refractivity (Wildman–Crippen MR) is 122 cm³/mol. The molecule has 172 valence electrons. The Bertz CT molecular complexity index is 1570. The van der Waals surface area contributed by atoms with Crippen LogP contribution in [0.5, 0.6) is 0 Å². The smallest absolute Gasteiger partial charge is 0.202 e. The van der Waals surface area contributed by atoms with Crippen LogP contribution >= 0.6 is 15.9 Å². The number of Topliss-reactive ketones (excluding diaryl/α,β-unsaturated/α-hetero) is 1. The molecule has 1 fully saturated rings. The summed E-state index contributed by atoms with van der Waals surface area (Å²) in [5.41, 5.74) is 2.91. The van der Waals surface area contributed by atoms with E-state index in [1.807, 2.05) is 6.07 Å². The number of aryl methyl sites for hydroxylation is 1. The molecule has 34 heavy (non-hydrogen) atoms. The van der Waals surface area contributed by atoms with E-state index in [-0.39, 0.29) is 36.8 Å². The molecule has 0 bridgehead atoms. The molecule has 0 spiro atoms. The van der Waals surface area contributed by atoms with Gasteiger partial charge in [0.25, 0.3) is 0 Å². The number of carbonyl (C=O) groups excluding carboxylic acids is 1. The molecule has 11 heteroatoms. The van der Waals surface area contributed by atoms with Crippen LogP contribution in [0.2, 0.25) is 0 Å². The first-order valence-corrected chi connectivity index (χ1v) is 11.7. The Hall–Kier alpha value is -3.47. The molecule has 8 nitrogen and oxygen atoms in total. The highest BCUT2D eigenvalue weighted by atomic mass is 79.9. The third-order valence-corrected chi connectivity index (χ3v) is 6.68. The second-order valence-electron chi connectivity index (χ2n) is 8.46. The van der Waals surface area contributed by atoms with Gasteiger partial charge in [0.05, 0.1) is 34.9 Å². The van der Waals surface area contributed by atoms with E-state index in [2.05, 4.69) is 36.2 Å². The van der Waals surface area contributed by atoms with Crippen molar-refractivity contribution in [2.75, 3.05) is 0 Å². The van der Waals surface area contributed by atoms with Gasteiger partial charge in [-0.05, 0) is 53.2 Å². The Labute approximate surface area is 200 Å². The van der Waals surface area contributed by atoms with E-state index < -0.39 is 5.82 Å². The molecular formula is C23H18BrF2N7O. The number of aromatic nitrogens is 7. The van der Waals surface area contributed by atoms with Crippen molar-refractivity contribution in [3.05, 3.63) is 82.0 Å². The quantitative estimate of drug-likeness (QED) is 0.233. The minimum atomic E-state index is -0.415. The molecule has 1 aliphatic carbocycles. The number of rotatable bonds is 7. The van der Waals surface area contributed by atoms with E-state index in [0.717, 1.165) is 18.4 Å². The van der Waals surface area contributed by atoms with E-state index in [1.165, 1.54) is 15.4 Å². The molecule has 5 aromatic rings. The fourth-order valence-corrected chi connectivity index (χ4v) is 4.47. The third kappa shape index (κ3) is 3.69. The van der Waals surface area contributed by atoms with E-state index in [9.17, 15) is 13.6 Å². The lowest BCUT2D eigenvalue weighted by molar-refractivity contribution is 0.0977. The van der Waals surface area contributed by atoms with Crippen LogP contribution in [0.4, 0.5) is 8.78 Å². The largest absolute Gasteiger partial charge is 0.303 e. The zero-order chi connectivity index (χ0) is 23.4. The molecule has 1 saturated carbocycles. The molecule has 0 amide bonds. The second-order valence-corrected chi connectivity index (χ2v) is 9.32. The van der Waals surface area contributed by atoms with Crippen molar-refractivity contribution in [2.24, 2.45) is 0 Å². The zero-order valence-corrected chi connectivity index (χ0v) is 19.4. The van der Waals surface area contributed by atoms with Crippen LogP contribution in [0.3, 0.4) is 0 Å². The lowest BCUT2D eigenvalue weighted by Gasteiger charge is -2.02. The average molecular weight is 526 g/mol. The highest BCUT2D eigenvalue weighted by molar-refractivity contribution is 9.10. The molecule has 1 aliphatic rings. The van der Waals surface area contributed by atoms with Gasteiger partial charge in [0.1, 0.15) is 16.9 Å². The number of halogens is 3. The van der Waals surface area contributed by atoms with Gasteiger partial charge in [-0.15, -0.1) is 5.10 Å². The van der Waals surface area contributed by atoms with Crippen molar-refractivity contribution in [2.45, 2.75) is 38.1 Å². The van der Waals surface area contributed by atoms with Crippen LogP contribution in [0, 0.1) is 11.8 Å². The number of hydrogen-bond donors (Lipinski definition) is 0. The summed E-state index contributed by atoms with van der Waals surface area (Å²) >= 11 is 3.18. The number of nitrogens with zero attached hydrogens (tertiary/aromatic N) is 7. The van der Waals surface area contributed by atoms with Gasteiger partial charge >= 0.3 is 0 Å². The van der Waals surface area contributed by atoms with E-state index in [1.54, 1.807) is 35.1 Å². The Morgan fingerprint density at radius 3 is 2.85 bits per heavy atom. The van der Waals surface area contributed by atoms with Gasteiger partial charge in [0.15, 0.2) is 11.6 Å². The zero-order valence-electron chi connectivity index (χ0n) is 17.8. The van der Waals surface area contributed by atoms with Gasteiger partial charge in [-0.3, -0.25) is 9.20 Å². The first-order chi connectivity index (χ1) is 16.5. The molecule has 0 radical (unpaired) electrons. The van der Waals surface area contributed by atoms with Gasteiger partial charge in [-0.1, -0.05) is 11.3 Å². The SMILES string of the molecule is O=C(CCc1ncn2ccc(Br)c(F)c12)c1cn(Cc2cn3c(F)c(C4CC4)ccc3n2)nn1. The number of ketones is 1. The molecule has 0 N–H and O–H groups in total. The summed E-state index contributed by atoms with van der Waals surface area (Å²) in [7, 11) is 0. The van der Waals surface area contributed by atoms with Crippen molar-refractivity contribution in [1.82, 2.24) is 33.8 Å². The molecule has 0 atom stereocenters. The summed E-state index contributed by atoms with van der Waals surface area (Å²) in [6.07, 6.45) is 8.82. The van der Waals surface area contributed by atoms with Crippen LogP contribution in [0.1, 0.15) is 52.6 Å². The van der Waals surface area contributed by atoms with Gasteiger partial charge < -0.3 is 4.40 Å². The predicted octanol–water partition coefficient (Wildman–Crippen LogP) is 4.36. The van der Waals surface area contributed by atoms with Gasteiger partial charge in [0.2, 0.25) is 5.95 Å². The first kappa shape index (κ1) is 21.1. The van der Waals surface area contributed by atoms with Crippen molar-refractivity contribution in [3.63, 3.8) is 0 Å². The lowest BCUT2D eigenvalue weighted by Crippen LogP contribution is -2.03. The summed E-state index contributed by atoms with van der Waals surface area (Å²) in [4.78, 5) is 21.4. The van der Waals surface area contributed by atoms with Crippen molar-refractivity contribution < 1.29 is 13.6 Å². The Kier molecular flexibility index (Phi) is 5.01. The van der Waals surface area contributed by atoms with Gasteiger partial charge in [0, 0.05) is 24.4 Å². The minimum absolute atomic E-state index is 0.112. The second kappa shape index (κ2) is 8.08. The van der Waals surface area contributed by atoms with Crippen LogP contribution in [-0.4, -0.2) is 39.5 Å². The van der Waals surface area contributed by atoms with Crippen LogP contribution < -0.4 is 0 Å². The summed E-state index contributed by atoms with van der Waals surface area (Å²) in [6, 6.07) is 5.22. The lowest BCUT2D eigenvalue weighted by atomic mass is 10.1. The maximum Gasteiger partial charge on any atom is 0.202 e. The van der Waals surface area contributed by atoms with Crippen LogP contribution in [0.25, 0.3) is 11.2 Å². The van der Waals surface area contributed by atoms with E-state index >= 15 is 0 Å². The minimum Gasteiger partial charge on any atom is -0.303 e. The number of carbonyl (C=O) groups is 1. The molecule has 5 aromatic heterocycles. The molecule has 0 aromatic carbocycles. The summed E-state index contributed by atoms with van der Waals surface area (Å²) in [6.45, 7) is 0.255. The van der Waals surface area contributed by atoms with Crippen LogP contribution in [0.15, 0.2) is 47.6 Å². The normalized spacial score (nSPS) is 13.9. The molecule has 0 saturated heterocycles. The number of pyridine rings is 2. The average Bonchev–Trinajstić information content (AvgIpc) is 3.22. The number of fused-ring (bicyclic) bond motifs is 2. The molecule has 0 aliphatic heterocycles. The van der Waals surface area contributed by atoms with Crippen molar-refractivity contribution in [3.8, 4) is 0 Å². The molecule has 5 heterocycles. The number of hydrogen-bond acceptors (Lipinski definition) is 5. The topological polar surface area (TPSA) is 82.4 Å². The summed E-state index contributed by atoms with van der Waals surface area (Å²) < 4.78 is 34.1. The van der Waals surface area contributed by atoms with E-state index in [4.69, 9.17) is 0 Å². The van der Waals surface area contributed by atoms with Gasteiger partial charge in [-0.2, -0.15) is 4.39 Å². The van der Waals surface area contributed by atoms with E-state index in [0.29, 0.717) is 32.9 Å². The fraction of sp³-hybridized carbons (Fsp3) is 0.261. The van der Waals surface area contributed by atoms with Crippen molar-refractivity contribution in [1.29, 1.82) is 0 Å². The maximum absolute atomic E-state index is 14.8. The highest BCUT2D eigenvalue weighted by Crippen LogP contribution is 2.41. The van der Waals surface area contributed by atoms with Gasteiger partial charge in [-0.25, -0.2) is 19.0 Å². The molecular weight excluding hydrogens is 508 g/mol. The van der Waals surface area contributed by atoms with Crippen LogP contribution in [-0.2, 0) is 13.0 Å². The summed E-state index contributed by atoms with van der Waals surface area (Å²) in [5, 5.41) is 7.99. The summed E-state index contributed by atoms with van der Waals surface area (Å²) in [5.74, 6) is -0.611. The molecule has 0 unspecified atom stereocenters. The Morgan fingerprint density at radius 2 is 2.03 bits per heavy atom. The Balaban J connectivity index is 1.16. The van der Waals surface area contributed by atoms with Crippen molar-refractivity contribution >= 4 is 32.9 Å². The fourth-order valence-electron chi connectivity index (χ4n) is 4.16. The molecule has 6 rings (SSSR count).